The molecule has 0 saturated carbocycles. The molecule has 20 heavy (non-hydrogen) atoms. The van der Waals surface area contributed by atoms with Crippen molar-refractivity contribution in [2.45, 2.75) is 53.6 Å². The molecule has 5 nitrogen and oxygen atoms in total. The first-order chi connectivity index (χ1) is 9.43. The van der Waals surface area contributed by atoms with Crippen LogP contribution in [0.15, 0.2) is 6.07 Å². The molecule has 0 spiro atoms. The van der Waals surface area contributed by atoms with E-state index in [-0.39, 0.29) is 0 Å². The highest BCUT2D eigenvalue weighted by molar-refractivity contribution is 5.42. The summed E-state index contributed by atoms with van der Waals surface area (Å²) in [5.41, 5.74) is 0.975. The molecule has 0 aliphatic rings. The van der Waals surface area contributed by atoms with E-state index in [4.69, 9.17) is 0 Å². The second kappa shape index (κ2) is 8.04. The van der Waals surface area contributed by atoms with Crippen molar-refractivity contribution in [3.8, 4) is 0 Å². The Kier molecular flexibility index (Phi) is 6.71. The van der Waals surface area contributed by atoms with E-state index in [1.807, 2.05) is 19.9 Å². The van der Waals surface area contributed by atoms with E-state index in [2.05, 4.69) is 53.2 Å². The number of nitrogens with one attached hydrogen (secondary N) is 2. The van der Waals surface area contributed by atoms with Gasteiger partial charge in [-0.25, -0.2) is 4.98 Å². The first kappa shape index (κ1) is 16.7. The van der Waals surface area contributed by atoms with Crippen LogP contribution in [-0.2, 0) is 0 Å². The zero-order valence-electron chi connectivity index (χ0n) is 13.7. The van der Waals surface area contributed by atoms with Crippen LogP contribution in [0, 0.1) is 6.92 Å². The topological polar surface area (TPSA) is 53.1 Å². The van der Waals surface area contributed by atoms with Crippen LogP contribution in [0.25, 0.3) is 0 Å². The van der Waals surface area contributed by atoms with Crippen LogP contribution in [0.5, 0.6) is 0 Å². The minimum absolute atomic E-state index is 0.557. The summed E-state index contributed by atoms with van der Waals surface area (Å²) < 4.78 is 0. The van der Waals surface area contributed by atoms with E-state index in [1.165, 1.54) is 0 Å². The molecule has 0 aliphatic heterocycles. The standard InChI is InChI=1S/C15H29N5/c1-7-16-15-18-13(6)10-14(19-15)17-8-9-20(11(2)3)12(4)5/h10-12H,7-9H2,1-6H3,(H2,16,17,18,19). The smallest absolute Gasteiger partial charge is 0.224 e. The quantitative estimate of drug-likeness (QED) is 0.766. The Morgan fingerprint density at radius 3 is 2.30 bits per heavy atom. The number of hydrogen-bond donors (Lipinski definition) is 2. The highest BCUT2D eigenvalue weighted by atomic mass is 15.2. The van der Waals surface area contributed by atoms with Gasteiger partial charge in [0.2, 0.25) is 5.95 Å². The Morgan fingerprint density at radius 1 is 1.10 bits per heavy atom. The fourth-order valence-electron chi connectivity index (χ4n) is 2.32. The monoisotopic (exact) mass is 279 g/mol. The number of anilines is 2. The van der Waals surface area contributed by atoms with Gasteiger partial charge in [-0.3, -0.25) is 4.90 Å². The summed E-state index contributed by atoms with van der Waals surface area (Å²) in [5, 5.41) is 6.54. The van der Waals surface area contributed by atoms with Gasteiger partial charge in [0.15, 0.2) is 0 Å². The molecule has 2 N–H and O–H groups in total. The van der Waals surface area contributed by atoms with Crippen molar-refractivity contribution in [3.05, 3.63) is 11.8 Å². The van der Waals surface area contributed by atoms with Gasteiger partial charge < -0.3 is 10.6 Å². The molecule has 0 saturated heterocycles. The minimum atomic E-state index is 0.557. The molecule has 0 bridgehead atoms. The molecule has 1 aromatic heterocycles. The van der Waals surface area contributed by atoms with Gasteiger partial charge in [0.1, 0.15) is 5.82 Å². The van der Waals surface area contributed by atoms with Crippen LogP contribution < -0.4 is 10.6 Å². The molecular formula is C15H29N5. The van der Waals surface area contributed by atoms with Gasteiger partial charge in [0, 0.05) is 43.5 Å². The van der Waals surface area contributed by atoms with Gasteiger partial charge in [-0.05, 0) is 41.5 Å². The third kappa shape index (κ3) is 5.33. The average molecular weight is 279 g/mol. The van der Waals surface area contributed by atoms with Gasteiger partial charge >= 0.3 is 0 Å². The number of aromatic nitrogens is 2. The Balaban J connectivity index is 2.56. The molecule has 1 rings (SSSR count). The van der Waals surface area contributed by atoms with Crippen molar-refractivity contribution in [2.24, 2.45) is 0 Å². The molecule has 0 fully saturated rings. The van der Waals surface area contributed by atoms with E-state index >= 15 is 0 Å². The van der Waals surface area contributed by atoms with Crippen LogP contribution in [0.4, 0.5) is 11.8 Å². The van der Waals surface area contributed by atoms with Crippen LogP contribution in [-0.4, -0.2) is 46.6 Å². The molecule has 0 amide bonds. The summed E-state index contributed by atoms with van der Waals surface area (Å²) in [7, 11) is 0. The van der Waals surface area contributed by atoms with Gasteiger partial charge in [0.25, 0.3) is 0 Å². The van der Waals surface area contributed by atoms with Crippen LogP contribution in [0.1, 0.15) is 40.3 Å². The predicted molar refractivity (Wildman–Crippen MR) is 86.4 cm³/mol. The Morgan fingerprint density at radius 2 is 1.75 bits per heavy atom. The van der Waals surface area contributed by atoms with Crippen LogP contribution >= 0.6 is 0 Å². The molecule has 0 aliphatic carbocycles. The lowest BCUT2D eigenvalue weighted by molar-refractivity contribution is 0.182. The fraction of sp³-hybridized carbons (Fsp3) is 0.733. The average Bonchev–Trinajstić information content (AvgIpc) is 2.33. The number of nitrogens with zero attached hydrogens (tertiary/aromatic N) is 3. The van der Waals surface area contributed by atoms with Crippen molar-refractivity contribution < 1.29 is 0 Å². The maximum Gasteiger partial charge on any atom is 0.224 e. The van der Waals surface area contributed by atoms with Gasteiger partial charge in [-0.1, -0.05) is 0 Å². The Labute approximate surface area is 123 Å². The molecule has 0 atom stereocenters. The maximum absolute atomic E-state index is 4.46. The summed E-state index contributed by atoms with van der Waals surface area (Å²) in [4.78, 5) is 11.3. The van der Waals surface area contributed by atoms with Crippen molar-refractivity contribution in [3.63, 3.8) is 0 Å². The highest BCUT2D eigenvalue weighted by Crippen LogP contribution is 2.10. The van der Waals surface area contributed by atoms with Crippen molar-refractivity contribution >= 4 is 11.8 Å². The summed E-state index contributed by atoms with van der Waals surface area (Å²) >= 11 is 0. The third-order valence-electron chi connectivity index (χ3n) is 3.19. The SMILES string of the molecule is CCNc1nc(C)cc(NCCN(C(C)C)C(C)C)n1. The number of rotatable bonds is 8. The molecule has 0 aromatic carbocycles. The maximum atomic E-state index is 4.46. The minimum Gasteiger partial charge on any atom is -0.369 e. The summed E-state index contributed by atoms with van der Waals surface area (Å²) in [6.45, 7) is 15.7. The third-order valence-corrected chi connectivity index (χ3v) is 3.19. The van der Waals surface area contributed by atoms with Crippen molar-refractivity contribution in [2.75, 3.05) is 30.3 Å². The predicted octanol–water partition coefficient (Wildman–Crippen LogP) is 2.75. The molecule has 0 radical (unpaired) electrons. The second-order valence-electron chi connectivity index (χ2n) is 5.60. The first-order valence-electron chi connectivity index (χ1n) is 7.53. The van der Waals surface area contributed by atoms with E-state index in [9.17, 15) is 0 Å². The second-order valence-corrected chi connectivity index (χ2v) is 5.60. The van der Waals surface area contributed by atoms with Crippen LogP contribution in [0.3, 0.4) is 0 Å². The van der Waals surface area contributed by atoms with Gasteiger partial charge in [-0.15, -0.1) is 0 Å². The number of aryl methyl sites for hydroxylation is 1. The molecule has 0 unspecified atom stereocenters. The van der Waals surface area contributed by atoms with E-state index in [0.717, 1.165) is 31.1 Å². The Hall–Kier alpha value is -1.36. The summed E-state index contributed by atoms with van der Waals surface area (Å²) in [5.74, 6) is 1.58. The lowest BCUT2D eigenvalue weighted by atomic mass is 10.2. The summed E-state index contributed by atoms with van der Waals surface area (Å²) in [6, 6.07) is 3.10. The van der Waals surface area contributed by atoms with E-state index in [0.29, 0.717) is 18.0 Å². The van der Waals surface area contributed by atoms with Crippen molar-refractivity contribution in [1.29, 1.82) is 0 Å². The molecule has 114 valence electrons. The Bertz CT molecular complexity index is 395. The van der Waals surface area contributed by atoms with Gasteiger partial charge in [0.05, 0.1) is 0 Å². The van der Waals surface area contributed by atoms with Crippen LogP contribution in [0.2, 0.25) is 0 Å². The summed E-state index contributed by atoms with van der Waals surface area (Å²) in [6.07, 6.45) is 0. The lowest BCUT2D eigenvalue weighted by Gasteiger charge is -2.30. The normalized spacial score (nSPS) is 11.4. The molecule has 1 heterocycles. The van der Waals surface area contributed by atoms with E-state index in [1.54, 1.807) is 0 Å². The van der Waals surface area contributed by atoms with E-state index < -0.39 is 0 Å². The zero-order valence-corrected chi connectivity index (χ0v) is 13.7. The number of hydrogen-bond acceptors (Lipinski definition) is 5. The molecular weight excluding hydrogens is 250 g/mol. The fourth-order valence-corrected chi connectivity index (χ4v) is 2.32. The first-order valence-corrected chi connectivity index (χ1v) is 7.53. The van der Waals surface area contributed by atoms with Crippen molar-refractivity contribution in [1.82, 2.24) is 14.9 Å². The van der Waals surface area contributed by atoms with Gasteiger partial charge in [-0.2, -0.15) is 4.98 Å². The highest BCUT2D eigenvalue weighted by Gasteiger charge is 2.12. The largest absolute Gasteiger partial charge is 0.369 e. The lowest BCUT2D eigenvalue weighted by Crippen LogP contribution is -2.40. The molecule has 5 heteroatoms. The molecule has 1 aromatic rings. The zero-order chi connectivity index (χ0) is 15.1.